The van der Waals surface area contributed by atoms with Crippen LogP contribution in [-0.4, -0.2) is 34.6 Å². The van der Waals surface area contributed by atoms with Crippen molar-refractivity contribution in [2.24, 2.45) is 0 Å². The van der Waals surface area contributed by atoms with Gasteiger partial charge in [0.1, 0.15) is 0 Å². The third kappa shape index (κ3) is 1.98. The SMILES string of the molecule is Oc1ccc(CNC2COC2)c(O)c1O. The molecule has 1 saturated heterocycles. The molecule has 0 radical (unpaired) electrons. The average Bonchev–Trinajstić information content (AvgIpc) is 2.15. The van der Waals surface area contributed by atoms with E-state index in [1.54, 1.807) is 6.07 Å². The van der Waals surface area contributed by atoms with E-state index >= 15 is 0 Å². The summed E-state index contributed by atoms with van der Waals surface area (Å²) in [6.45, 7) is 1.78. The van der Waals surface area contributed by atoms with Crippen molar-refractivity contribution in [3.05, 3.63) is 17.7 Å². The van der Waals surface area contributed by atoms with Crippen molar-refractivity contribution >= 4 is 0 Å². The zero-order valence-electron chi connectivity index (χ0n) is 8.10. The number of hydrogen-bond donors (Lipinski definition) is 4. The van der Waals surface area contributed by atoms with Crippen LogP contribution in [0, 0.1) is 0 Å². The Kier molecular flexibility index (Phi) is 2.66. The molecule has 1 aliphatic heterocycles. The molecule has 0 spiro atoms. The van der Waals surface area contributed by atoms with Crippen LogP contribution < -0.4 is 5.32 Å². The molecular weight excluding hydrogens is 198 g/mol. The van der Waals surface area contributed by atoms with Gasteiger partial charge in [0.05, 0.1) is 19.3 Å². The maximum absolute atomic E-state index is 9.50. The van der Waals surface area contributed by atoms with Gasteiger partial charge in [-0.15, -0.1) is 0 Å². The van der Waals surface area contributed by atoms with Crippen molar-refractivity contribution in [3.8, 4) is 17.2 Å². The number of aromatic hydroxyl groups is 3. The molecule has 0 unspecified atom stereocenters. The second-order valence-electron chi connectivity index (χ2n) is 3.56. The van der Waals surface area contributed by atoms with Crippen LogP contribution in [-0.2, 0) is 11.3 Å². The Balaban J connectivity index is 2.04. The summed E-state index contributed by atoms with van der Waals surface area (Å²) in [4.78, 5) is 0. The van der Waals surface area contributed by atoms with Crippen molar-refractivity contribution < 1.29 is 20.1 Å². The van der Waals surface area contributed by atoms with Crippen molar-refractivity contribution in [1.82, 2.24) is 5.32 Å². The summed E-state index contributed by atoms with van der Waals surface area (Å²) in [6.07, 6.45) is 0. The summed E-state index contributed by atoms with van der Waals surface area (Å²) < 4.78 is 4.98. The highest BCUT2D eigenvalue weighted by Gasteiger charge is 2.18. The topological polar surface area (TPSA) is 82.0 Å². The fraction of sp³-hybridized carbons (Fsp3) is 0.400. The highest BCUT2D eigenvalue weighted by molar-refractivity contribution is 5.52. The molecule has 1 aromatic carbocycles. The van der Waals surface area contributed by atoms with Crippen LogP contribution in [0.4, 0.5) is 0 Å². The molecule has 0 amide bonds. The molecule has 82 valence electrons. The van der Waals surface area contributed by atoms with E-state index in [0.717, 1.165) is 0 Å². The minimum Gasteiger partial charge on any atom is -0.504 e. The molecule has 0 saturated carbocycles. The van der Waals surface area contributed by atoms with Gasteiger partial charge in [-0.2, -0.15) is 0 Å². The fourth-order valence-electron chi connectivity index (χ4n) is 1.36. The minimum atomic E-state index is -0.473. The number of rotatable bonds is 3. The Labute approximate surface area is 86.9 Å². The normalized spacial score (nSPS) is 16.3. The molecule has 0 aliphatic carbocycles. The van der Waals surface area contributed by atoms with Crippen LogP contribution in [0.25, 0.3) is 0 Å². The number of hydrogen-bond acceptors (Lipinski definition) is 5. The fourth-order valence-corrected chi connectivity index (χ4v) is 1.36. The molecule has 1 fully saturated rings. The van der Waals surface area contributed by atoms with E-state index in [-0.39, 0.29) is 11.5 Å². The molecule has 4 N–H and O–H groups in total. The predicted molar refractivity (Wildman–Crippen MR) is 52.9 cm³/mol. The smallest absolute Gasteiger partial charge is 0.200 e. The molecule has 5 nitrogen and oxygen atoms in total. The maximum Gasteiger partial charge on any atom is 0.200 e. The number of phenols is 3. The largest absolute Gasteiger partial charge is 0.504 e. The highest BCUT2D eigenvalue weighted by Crippen LogP contribution is 2.36. The van der Waals surface area contributed by atoms with E-state index in [9.17, 15) is 10.2 Å². The lowest BCUT2D eigenvalue weighted by Crippen LogP contribution is -2.45. The Morgan fingerprint density at radius 2 is 1.93 bits per heavy atom. The second-order valence-corrected chi connectivity index (χ2v) is 3.56. The lowest BCUT2D eigenvalue weighted by molar-refractivity contribution is -0.00585. The van der Waals surface area contributed by atoms with Crippen molar-refractivity contribution in [2.45, 2.75) is 12.6 Å². The first-order valence-corrected chi connectivity index (χ1v) is 4.72. The van der Waals surface area contributed by atoms with E-state index in [0.29, 0.717) is 31.4 Å². The maximum atomic E-state index is 9.50. The van der Waals surface area contributed by atoms with Crippen LogP contribution in [0.1, 0.15) is 5.56 Å². The van der Waals surface area contributed by atoms with Gasteiger partial charge in [-0.3, -0.25) is 0 Å². The van der Waals surface area contributed by atoms with Gasteiger partial charge in [0.2, 0.25) is 5.75 Å². The van der Waals surface area contributed by atoms with Gasteiger partial charge in [-0.25, -0.2) is 0 Å². The van der Waals surface area contributed by atoms with Gasteiger partial charge in [0, 0.05) is 12.1 Å². The Morgan fingerprint density at radius 3 is 2.53 bits per heavy atom. The van der Waals surface area contributed by atoms with Gasteiger partial charge in [-0.1, -0.05) is 6.07 Å². The van der Waals surface area contributed by atoms with Gasteiger partial charge < -0.3 is 25.4 Å². The average molecular weight is 211 g/mol. The lowest BCUT2D eigenvalue weighted by Gasteiger charge is -2.27. The first kappa shape index (κ1) is 10.1. The molecule has 0 atom stereocenters. The van der Waals surface area contributed by atoms with Gasteiger partial charge >= 0.3 is 0 Å². The second kappa shape index (κ2) is 3.96. The molecule has 1 aliphatic rings. The van der Waals surface area contributed by atoms with Crippen molar-refractivity contribution in [3.63, 3.8) is 0 Å². The zero-order chi connectivity index (χ0) is 10.8. The molecule has 0 aromatic heterocycles. The number of ether oxygens (including phenoxy) is 1. The molecule has 0 bridgehead atoms. The van der Waals surface area contributed by atoms with E-state index in [4.69, 9.17) is 9.84 Å². The van der Waals surface area contributed by atoms with E-state index in [2.05, 4.69) is 5.32 Å². The van der Waals surface area contributed by atoms with Crippen molar-refractivity contribution in [1.29, 1.82) is 0 Å². The summed E-state index contributed by atoms with van der Waals surface area (Å²) in [5.74, 6) is -1.06. The van der Waals surface area contributed by atoms with Crippen LogP contribution >= 0.6 is 0 Å². The van der Waals surface area contributed by atoms with Crippen LogP contribution in [0.3, 0.4) is 0 Å². The zero-order valence-corrected chi connectivity index (χ0v) is 8.10. The number of nitrogens with one attached hydrogen (secondary N) is 1. The summed E-state index contributed by atoms with van der Waals surface area (Å²) in [7, 11) is 0. The summed E-state index contributed by atoms with van der Waals surface area (Å²) in [5.41, 5.74) is 0.553. The predicted octanol–water partition coefficient (Wildman–Crippen LogP) is 0.292. The number of benzene rings is 1. The quantitative estimate of drug-likeness (QED) is 0.540. The van der Waals surface area contributed by atoms with Crippen LogP contribution in [0.2, 0.25) is 0 Å². The third-order valence-corrected chi connectivity index (χ3v) is 2.43. The highest BCUT2D eigenvalue weighted by atomic mass is 16.5. The Bertz CT molecular complexity index is 363. The molecule has 15 heavy (non-hydrogen) atoms. The van der Waals surface area contributed by atoms with Crippen LogP contribution in [0.15, 0.2) is 12.1 Å². The van der Waals surface area contributed by atoms with Crippen LogP contribution in [0.5, 0.6) is 17.2 Å². The molecule has 5 heteroatoms. The summed E-state index contributed by atoms with van der Waals surface area (Å²) in [5, 5.41) is 31.0. The first-order valence-electron chi connectivity index (χ1n) is 4.72. The molecule has 2 rings (SSSR count). The summed E-state index contributed by atoms with van der Waals surface area (Å²) in [6, 6.07) is 3.22. The monoisotopic (exact) mass is 211 g/mol. The standard InChI is InChI=1S/C10H13NO4/c12-8-2-1-6(9(13)10(8)14)3-11-7-4-15-5-7/h1-2,7,11-14H,3-5H2. The molecule has 1 heterocycles. The number of phenolic OH excluding ortho intramolecular Hbond substituents is 3. The Hall–Kier alpha value is -1.46. The van der Waals surface area contributed by atoms with Gasteiger partial charge in [0.15, 0.2) is 11.5 Å². The van der Waals surface area contributed by atoms with Gasteiger partial charge in [0.25, 0.3) is 0 Å². The minimum absolute atomic E-state index is 0.275. The van der Waals surface area contributed by atoms with E-state index < -0.39 is 5.75 Å². The third-order valence-electron chi connectivity index (χ3n) is 2.43. The first-order chi connectivity index (χ1) is 7.18. The lowest BCUT2D eigenvalue weighted by atomic mass is 10.1. The summed E-state index contributed by atoms with van der Waals surface area (Å²) >= 11 is 0. The molecule has 1 aromatic rings. The van der Waals surface area contributed by atoms with Gasteiger partial charge in [-0.05, 0) is 6.07 Å². The van der Waals surface area contributed by atoms with Crippen molar-refractivity contribution in [2.75, 3.05) is 13.2 Å². The Morgan fingerprint density at radius 1 is 1.20 bits per heavy atom. The molecular formula is C10H13NO4. The van der Waals surface area contributed by atoms with E-state index in [1.807, 2.05) is 0 Å². The van der Waals surface area contributed by atoms with E-state index in [1.165, 1.54) is 6.07 Å².